The van der Waals surface area contributed by atoms with Gasteiger partial charge in [0.2, 0.25) is 0 Å². The van der Waals surface area contributed by atoms with Gasteiger partial charge in [-0.3, -0.25) is 0 Å². The second-order valence-electron chi connectivity index (χ2n) is 4.18. The van der Waals surface area contributed by atoms with Gasteiger partial charge in [0.15, 0.2) is 5.15 Å². The Hall–Kier alpha value is -1.45. The first-order valence-corrected chi connectivity index (χ1v) is 6.90. The molecule has 0 atom stereocenters. The monoisotopic (exact) mass is 274 g/mol. The van der Waals surface area contributed by atoms with Gasteiger partial charge >= 0.3 is 0 Å². The van der Waals surface area contributed by atoms with Crippen LogP contribution in [0.3, 0.4) is 0 Å². The van der Waals surface area contributed by atoms with E-state index in [4.69, 9.17) is 11.6 Å². The largest absolute Gasteiger partial charge is 0.248 e. The maximum absolute atomic E-state index is 6.23. The number of aromatic nitrogens is 2. The van der Waals surface area contributed by atoms with Gasteiger partial charge in [0.25, 0.3) is 0 Å². The van der Waals surface area contributed by atoms with Crippen LogP contribution in [0.15, 0.2) is 29.6 Å². The summed E-state index contributed by atoms with van der Waals surface area (Å²) < 4.78 is 1.21. The van der Waals surface area contributed by atoms with E-state index in [2.05, 4.69) is 27.5 Å². The molecule has 3 rings (SSSR count). The summed E-state index contributed by atoms with van der Waals surface area (Å²) in [6.45, 7) is 3.88. The first-order chi connectivity index (χ1) is 8.66. The van der Waals surface area contributed by atoms with Crippen molar-refractivity contribution < 1.29 is 0 Å². The zero-order chi connectivity index (χ0) is 12.7. The summed E-state index contributed by atoms with van der Waals surface area (Å²) in [6, 6.07) is 8.27. The van der Waals surface area contributed by atoms with Crippen molar-refractivity contribution in [2.45, 2.75) is 13.8 Å². The van der Waals surface area contributed by atoms with E-state index < -0.39 is 0 Å². The Balaban J connectivity index is 2.32. The Bertz CT molecular complexity index is 734. The quantitative estimate of drug-likeness (QED) is 0.647. The fourth-order valence-corrected chi connectivity index (χ4v) is 3.11. The summed E-state index contributed by atoms with van der Waals surface area (Å²) in [6.07, 6.45) is 0. The molecule has 0 spiro atoms. The van der Waals surface area contributed by atoms with Crippen LogP contribution in [0.2, 0.25) is 5.15 Å². The first-order valence-electron chi connectivity index (χ1n) is 5.64. The molecule has 0 radical (unpaired) electrons. The molecule has 0 bridgehead atoms. The smallest absolute Gasteiger partial charge is 0.155 e. The second kappa shape index (κ2) is 4.34. The highest BCUT2D eigenvalue weighted by Crippen LogP contribution is 2.34. The zero-order valence-corrected chi connectivity index (χ0v) is 11.6. The summed E-state index contributed by atoms with van der Waals surface area (Å²) in [5.74, 6) is 0. The molecule has 0 saturated heterocycles. The van der Waals surface area contributed by atoms with E-state index in [0.29, 0.717) is 5.15 Å². The number of benzene rings is 1. The predicted molar refractivity (Wildman–Crippen MR) is 77.3 cm³/mol. The Morgan fingerprint density at radius 1 is 1.06 bits per heavy atom. The van der Waals surface area contributed by atoms with Crippen molar-refractivity contribution >= 4 is 33.0 Å². The van der Waals surface area contributed by atoms with E-state index in [1.165, 1.54) is 10.1 Å². The van der Waals surface area contributed by atoms with Crippen LogP contribution in [-0.2, 0) is 0 Å². The van der Waals surface area contributed by atoms with Gasteiger partial charge in [0.05, 0.1) is 11.4 Å². The minimum absolute atomic E-state index is 0.471. The predicted octanol–water partition coefficient (Wildman–Crippen LogP) is 4.63. The number of halogens is 1. The van der Waals surface area contributed by atoms with Crippen molar-refractivity contribution in [2.75, 3.05) is 0 Å². The summed E-state index contributed by atoms with van der Waals surface area (Å²) in [5.41, 5.74) is 3.63. The molecule has 0 aliphatic rings. The molecule has 0 saturated carbocycles. The van der Waals surface area contributed by atoms with Crippen molar-refractivity contribution in [1.82, 2.24) is 9.97 Å². The molecule has 0 aliphatic carbocycles. The molecule has 0 amide bonds. The summed E-state index contributed by atoms with van der Waals surface area (Å²) in [7, 11) is 0. The van der Waals surface area contributed by atoms with Crippen molar-refractivity contribution in [3.05, 3.63) is 46.2 Å². The Morgan fingerprint density at radius 2 is 1.83 bits per heavy atom. The number of fused-ring (bicyclic) bond motifs is 1. The number of aryl methyl sites for hydroxylation is 2. The van der Waals surface area contributed by atoms with E-state index in [1.54, 1.807) is 11.3 Å². The Labute approximate surface area is 114 Å². The SMILES string of the molecule is Cc1nc(Cl)c(-c2cccc3ccsc23)nc1C. The summed E-state index contributed by atoms with van der Waals surface area (Å²) in [5, 5.41) is 3.77. The van der Waals surface area contributed by atoms with E-state index in [9.17, 15) is 0 Å². The standard InChI is InChI=1S/C14H11ClN2S/c1-8-9(2)17-14(15)12(16-8)11-5-3-4-10-6-7-18-13(10)11/h3-7H,1-2H3. The topological polar surface area (TPSA) is 25.8 Å². The summed E-state index contributed by atoms with van der Waals surface area (Å²) >= 11 is 7.94. The normalized spacial score (nSPS) is 11.1. The number of hydrogen-bond acceptors (Lipinski definition) is 3. The second-order valence-corrected chi connectivity index (χ2v) is 5.45. The van der Waals surface area contributed by atoms with Crippen LogP contribution in [0, 0.1) is 13.8 Å². The van der Waals surface area contributed by atoms with Crippen molar-refractivity contribution in [1.29, 1.82) is 0 Å². The van der Waals surface area contributed by atoms with Crippen LogP contribution in [0.4, 0.5) is 0 Å². The highest BCUT2D eigenvalue weighted by molar-refractivity contribution is 7.17. The van der Waals surface area contributed by atoms with Crippen LogP contribution in [0.1, 0.15) is 11.4 Å². The van der Waals surface area contributed by atoms with Gasteiger partial charge in [-0.05, 0) is 30.7 Å². The molecule has 90 valence electrons. The minimum Gasteiger partial charge on any atom is -0.248 e. The average molecular weight is 275 g/mol. The molecule has 2 heterocycles. The van der Waals surface area contributed by atoms with Crippen LogP contribution in [0.5, 0.6) is 0 Å². The lowest BCUT2D eigenvalue weighted by Gasteiger charge is -2.07. The third-order valence-corrected chi connectivity index (χ3v) is 4.23. The minimum atomic E-state index is 0.471. The van der Waals surface area contributed by atoms with Crippen LogP contribution in [0.25, 0.3) is 21.3 Å². The molecule has 1 aromatic carbocycles. The molecule has 0 N–H and O–H groups in total. The van der Waals surface area contributed by atoms with Crippen LogP contribution in [-0.4, -0.2) is 9.97 Å². The molecule has 2 nitrogen and oxygen atoms in total. The van der Waals surface area contributed by atoms with Gasteiger partial charge in [0, 0.05) is 10.3 Å². The third-order valence-electron chi connectivity index (χ3n) is 3.00. The molecular weight excluding hydrogens is 264 g/mol. The number of thiophene rings is 1. The van der Waals surface area contributed by atoms with E-state index in [-0.39, 0.29) is 0 Å². The number of rotatable bonds is 1. The van der Waals surface area contributed by atoms with Crippen LogP contribution < -0.4 is 0 Å². The van der Waals surface area contributed by atoms with E-state index >= 15 is 0 Å². The molecule has 0 aliphatic heterocycles. The van der Waals surface area contributed by atoms with Gasteiger partial charge in [-0.15, -0.1) is 11.3 Å². The van der Waals surface area contributed by atoms with Gasteiger partial charge in [0.1, 0.15) is 5.69 Å². The van der Waals surface area contributed by atoms with Gasteiger partial charge in [-0.25, -0.2) is 9.97 Å². The van der Waals surface area contributed by atoms with E-state index in [1.807, 2.05) is 26.0 Å². The highest BCUT2D eigenvalue weighted by Gasteiger charge is 2.12. The lowest BCUT2D eigenvalue weighted by atomic mass is 10.1. The Morgan fingerprint density at radius 3 is 2.67 bits per heavy atom. The number of nitrogens with zero attached hydrogens (tertiary/aromatic N) is 2. The van der Waals surface area contributed by atoms with Crippen molar-refractivity contribution in [2.24, 2.45) is 0 Å². The molecule has 4 heteroatoms. The molecule has 3 aromatic rings. The Kier molecular flexibility index (Phi) is 2.80. The molecule has 0 fully saturated rings. The van der Waals surface area contributed by atoms with Crippen LogP contribution >= 0.6 is 22.9 Å². The van der Waals surface area contributed by atoms with Crippen molar-refractivity contribution in [3.8, 4) is 11.3 Å². The maximum Gasteiger partial charge on any atom is 0.155 e. The third kappa shape index (κ3) is 1.80. The zero-order valence-electron chi connectivity index (χ0n) is 10.1. The summed E-state index contributed by atoms with van der Waals surface area (Å²) in [4.78, 5) is 8.93. The molecule has 2 aromatic heterocycles. The lowest BCUT2D eigenvalue weighted by molar-refractivity contribution is 1.05. The lowest BCUT2D eigenvalue weighted by Crippen LogP contribution is -1.96. The molecular formula is C14H11ClN2S. The first kappa shape index (κ1) is 11.6. The van der Waals surface area contributed by atoms with E-state index in [0.717, 1.165) is 22.6 Å². The molecule has 18 heavy (non-hydrogen) atoms. The van der Waals surface area contributed by atoms with Crippen molar-refractivity contribution in [3.63, 3.8) is 0 Å². The van der Waals surface area contributed by atoms with Gasteiger partial charge < -0.3 is 0 Å². The number of hydrogen-bond donors (Lipinski definition) is 0. The molecule has 0 unspecified atom stereocenters. The fourth-order valence-electron chi connectivity index (χ4n) is 1.93. The van der Waals surface area contributed by atoms with Gasteiger partial charge in [-0.2, -0.15) is 0 Å². The average Bonchev–Trinajstić information content (AvgIpc) is 2.82. The van der Waals surface area contributed by atoms with Gasteiger partial charge in [-0.1, -0.05) is 29.8 Å². The highest BCUT2D eigenvalue weighted by atomic mass is 35.5. The maximum atomic E-state index is 6.23. The fraction of sp³-hybridized carbons (Fsp3) is 0.143.